The molecule has 1 heterocycles. The molecule has 3 aliphatic rings. The summed E-state index contributed by atoms with van der Waals surface area (Å²) in [6.45, 7) is 9.43. The molecule has 0 saturated heterocycles. The normalized spacial score (nSPS) is 22.7. The highest BCUT2D eigenvalue weighted by Crippen LogP contribution is 2.62. The van der Waals surface area contributed by atoms with Crippen LogP contribution in [0.1, 0.15) is 151 Å². The number of carbonyl (C=O) groups excluding carboxylic acids is 2. The van der Waals surface area contributed by atoms with Crippen molar-refractivity contribution in [1.29, 1.82) is 0 Å². The number of aliphatic hydroxyl groups excluding tert-OH is 2. The Hall–Kier alpha value is -4.39. The second kappa shape index (κ2) is 26.5. The van der Waals surface area contributed by atoms with Crippen molar-refractivity contribution in [3.05, 3.63) is 71.8 Å². The van der Waals surface area contributed by atoms with E-state index in [-0.39, 0.29) is 37.6 Å². The third kappa shape index (κ3) is 12.7. The molecule has 12 nitrogen and oxygen atoms in total. The summed E-state index contributed by atoms with van der Waals surface area (Å²) in [6.07, 6.45) is 21.8. The van der Waals surface area contributed by atoms with Crippen LogP contribution in [0.15, 0.2) is 65.9 Å². The maximum Gasteiger partial charge on any atom is 0.410 e. The highest BCUT2D eigenvalue weighted by molar-refractivity contribution is 6.03. The summed E-state index contributed by atoms with van der Waals surface area (Å²) in [5.41, 5.74) is 2.99. The second-order valence-electron chi connectivity index (χ2n) is 17.6. The molecule has 2 aromatic carbocycles. The van der Waals surface area contributed by atoms with Gasteiger partial charge < -0.3 is 38.7 Å². The van der Waals surface area contributed by atoms with Crippen LogP contribution < -0.4 is 14.2 Å². The number of nitrogens with zero attached hydrogens (tertiary/aromatic N) is 2. The molecule has 354 valence electrons. The van der Waals surface area contributed by atoms with Gasteiger partial charge in [0, 0.05) is 37.7 Å². The number of hydrogen-bond acceptors (Lipinski definition) is 11. The van der Waals surface area contributed by atoms with Gasteiger partial charge in [-0.05, 0) is 92.3 Å². The highest BCUT2D eigenvalue weighted by atomic mass is 16.7. The lowest BCUT2D eigenvalue weighted by Gasteiger charge is -2.59. The van der Waals surface area contributed by atoms with Crippen LogP contribution in [-0.2, 0) is 14.3 Å². The van der Waals surface area contributed by atoms with E-state index in [9.17, 15) is 19.8 Å². The van der Waals surface area contributed by atoms with Crippen molar-refractivity contribution >= 4 is 18.1 Å². The van der Waals surface area contributed by atoms with Gasteiger partial charge in [0.15, 0.2) is 6.29 Å². The van der Waals surface area contributed by atoms with Crippen molar-refractivity contribution in [1.82, 2.24) is 4.90 Å². The zero-order valence-electron chi connectivity index (χ0n) is 39.1. The number of hydrogen-bond donors (Lipinski definition) is 2. The Kier molecular flexibility index (Phi) is 21.0. The molecule has 64 heavy (non-hydrogen) atoms. The van der Waals surface area contributed by atoms with E-state index in [0.717, 1.165) is 68.1 Å². The van der Waals surface area contributed by atoms with E-state index in [1.54, 1.807) is 36.3 Å². The van der Waals surface area contributed by atoms with E-state index in [0.29, 0.717) is 67.4 Å². The molecule has 0 aromatic heterocycles. The summed E-state index contributed by atoms with van der Waals surface area (Å²) in [4.78, 5) is 33.8. The van der Waals surface area contributed by atoms with Crippen molar-refractivity contribution in [2.24, 2.45) is 22.9 Å². The van der Waals surface area contributed by atoms with Crippen molar-refractivity contribution in [2.45, 2.75) is 147 Å². The molecular weight excluding hydrogens is 813 g/mol. The Morgan fingerprint density at radius 2 is 1.58 bits per heavy atom. The van der Waals surface area contributed by atoms with E-state index < -0.39 is 23.8 Å². The van der Waals surface area contributed by atoms with E-state index in [1.165, 1.54) is 52.1 Å². The summed E-state index contributed by atoms with van der Waals surface area (Å²) in [5.74, 6) is 0.213. The molecule has 2 N–H and O–H groups in total. The minimum Gasteiger partial charge on any atom is -0.496 e. The van der Waals surface area contributed by atoms with Crippen LogP contribution in [0, 0.1) is 17.8 Å². The number of carbonyl (C=O) groups is 2. The lowest BCUT2D eigenvalue weighted by atomic mass is 9.55. The van der Waals surface area contributed by atoms with Gasteiger partial charge in [0.1, 0.15) is 36.1 Å². The van der Waals surface area contributed by atoms with Crippen LogP contribution >= 0.6 is 0 Å². The number of unbranched alkanes of at least 4 members (excludes halogenated alkanes) is 11. The number of benzene rings is 2. The first-order valence-corrected chi connectivity index (χ1v) is 24.2. The van der Waals surface area contributed by atoms with Crippen LogP contribution in [-0.4, -0.2) is 92.2 Å². The molecule has 1 saturated carbocycles. The van der Waals surface area contributed by atoms with Crippen LogP contribution in [0.25, 0.3) is 0 Å². The van der Waals surface area contributed by atoms with E-state index >= 15 is 0 Å². The Bertz CT molecular complexity index is 1830. The highest BCUT2D eigenvalue weighted by Gasteiger charge is 2.65. The molecule has 0 bridgehead atoms. The number of fused-ring (bicyclic) bond motifs is 2. The molecule has 2 aliphatic carbocycles. The first-order valence-electron chi connectivity index (χ1n) is 24.2. The second-order valence-corrected chi connectivity index (χ2v) is 17.6. The van der Waals surface area contributed by atoms with Gasteiger partial charge in [0.2, 0.25) is 5.79 Å². The number of rotatable bonds is 30. The SMILES string of the molecule is C=CCOC12Oc3ccc(Oc4ccc(OC)c(C=O)c4)cc3C3C(CCCCO)C(CCCCO)C=C(C(=NOC)CC1N(CCC)C(=O)OCCCCCCCCCCCC)C32. The standard InChI is InChI=1S/C52H76N2O10/c1-6-9-10-11-12-13-14-15-16-21-32-61-51(58)54(28-7-2)48-36-45(53-60-5)43-34-38(22-17-19-29-55)42(23-18-20-30-56)49-44-35-41(63-40-24-26-46(59-4)39(33-40)37-57)25-27-47(44)64-52(48,50(43)49)62-31-8-3/h8,24-27,33-35,37-38,42,48-50,55-56H,3,6-7,9-23,28-32,36H2,1-2,4-5H3. The number of oxime groups is 1. The third-order valence-electron chi connectivity index (χ3n) is 13.2. The van der Waals surface area contributed by atoms with Crippen LogP contribution in [0.5, 0.6) is 23.0 Å². The molecule has 12 heteroatoms. The van der Waals surface area contributed by atoms with Gasteiger partial charge in [-0.3, -0.25) is 9.69 Å². The summed E-state index contributed by atoms with van der Waals surface area (Å²) >= 11 is 0. The minimum absolute atomic E-state index is 0.0525. The fraction of sp³-hybridized carbons (Fsp3) is 0.635. The van der Waals surface area contributed by atoms with Crippen LogP contribution in [0.2, 0.25) is 0 Å². The van der Waals surface area contributed by atoms with Gasteiger partial charge in [-0.15, -0.1) is 6.58 Å². The van der Waals surface area contributed by atoms with Gasteiger partial charge in [-0.2, -0.15) is 0 Å². The van der Waals surface area contributed by atoms with E-state index in [1.807, 2.05) is 18.2 Å². The molecule has 0 radical (unpaired) electrons. The van der Waals surface area contributed by atoms with Gasteiger partial charge in [-0.25, -0.2) is 4.79 Å². The number of ether oxygens (including phenoxy) is 5. The molecule has 1 amide bonds. The quantitative estimate of drug-likeness (QED) is 0.0336. The van der Waals surface area contributed by atoms with Gasteiger partial charge >= 0.3 is 6.09 Å². The van der Waals surface area contributed by atoms with Crippen molar-refractivity contribution in [2.75, 3.05) is 47.2 Å². The molecule has 0 spiro atoms. The minimum atomic E-state index is -1.38. The largest absolute Gasteiger partial charge is 0.496 e. The zero-order chi connectivity index (χ0) is 45.7. The number of aldehydes is 1. The lowest BCUT2D eigenvalue weighted by Crippen LogP contribution is -2.70. The van der Waals surface area contributed by atoms with Crippen molar-refractivity contribution in [3.63, 3.8) is 0 Å². The number of allylic oxidation sites excluding steroid dienone is 1. The molecule has 1 aliphatic heterocycles. The monoisotopic (exact) mass is 889 g/mol. The fourth-order valence-electron chi connectivity index (χ4n) is 10.3. The van der Waals surface area contributed by atoms with Gasteiger partial charge in [0.05, 0.1) is 37.5 Å². The van der Waals surface area contributed by atoms with Crippen LogP contribution in [0.3, 0.4) is 0 Å². The number of aliphatic hydroxyl groups is 2. The Balaban J connectivity index is 1.57. The summed E-state index contributed by atoms with van der Waals surface area (Å²) in [7, 11) is 3.07. The topological polar surface area (TPSA) is 146 Å². The predicted octanol–water partition coefficient (Wildman–Crippen LogP) is 11.3. The first kappa shape index (κ1) is 50.6. The Morgan fingerprint density at radius 3 is 2.23 bits per heavy atom. The number of methoxy groups -OCH3 is 1. The van der Waals surface area contributed by atoms with E-state index in [4.69, 9.17) is 28.5 Å². The average molecular weight is 889 g/mol. The zero-order valence-corrected chi connectivity index (χ0v) is 39.1. The maximum atomic E-state index is 14.5. The average Bonchev–Trinajstić information content (AvgIpc) is 3.30. The Morgan fingerprint density at radius 1 is 0.891 bits per heavy atom. The smallest absolute Gasteiger partial charge is 0.410 e. The molecule has 1 fully saturated rings. The van der Waals surface area contributed by atoms with Gasteiger partial charge in [-0.1, -0.05) is 102 Å². The maximum absolute atomic E-state index is 14.5. The van der Waals surface area contributed by atoms with Crippen molar-refractivity contribution in [3.8, 4) is 23.0 Å². The summed E-state index contributed by atoms with van der Waals surface area (Å²) < 4.78 is 32.3. The lowest BCUT2D eigenvalue weighted by molar-refractivity contribution is -0.255. The molecular formula is C52H76N2O10. The van der Waals surface area contributed by atoms with Crippen LogP contribution in [0.4, 0.5) is 4.79 Å². The van der Waals surface area contributed by atoms with Gasteiger partial charge in [0.25, 0.3) is 0 Å². The molecule has 5 rings (SSSR count). The molecule has 6 atom stereocenters. The predicted molar refractivity (Wildman–Crippen MR) is 251 cm³/mol. The number of amides is 1. The van der Waals surface area contributed by atoms with Crippen molar-refractivity contribution < 1.29 is 48.3 Å². The fourth-order valence-corrected chi connectivity index (χ4v) is 10.3. The van der Waals surface area contributed by atoms with E-state index in [2.05, 4.69) is 31.7 Å². The molecule has 2 aromatic rings. The summed E-state index contributed by atoms with van der Waals surface area (Å²) in [5, 5.41) is 24.5. The first-order chi connectivity index (χ1) is 31.3. The summed E-state index contributed by atoms with van der Waals surface area (Å²) in [6, 6.07) is 10.3. The molecule has 6 unspecified atom stereocenters. The Labute approximate surface area is 382 Å². The third-order valence-corrected chi connectivity index (χ3v) is 13.2.